The number of carbonyl (C=O) groups excluding carboxylic acids is 2. The van der Waals surface area contributed by atoms with Gasteiger partial charge in [0.2, 0.25) is 0 Å². The van der Waals surface area contributed by atoms with E-state index in [2.05, 4.69) is 4.74 Å². The molecule has 0 saturated carbocycles. The molecule has 0 aromatic heterocycles. The average molecular weight is 292 g/mol. The van der Waals surface area contributed by atoms with E-state index in [4.69, 9.17) is 14.2 Å². The first kappa shape index (κ1) is 15.2. The van der Waals surface area contributed by atoms with Crippen molar-refractivity contribution in [3.63, 3.8) is 0 Å². The molecule has 0 saturated heterocycles. The lowest BCUT2D eigenvalue weighted by atomic mass is 9.98. The van der Waals surface area contributed by atoms with Crippen molar-refractivity contribution in [1.82, 2.24) is 0 Å². The maximum absolute atomic E-state index is 12.0. The minimum absolute atomic E-state index is 0.198. The second-order valence-electron chi connectivity index (χ2n) is 4.46. The molecule has 112 valence electrons. The Hall–Kier alpha value is -2.18. The molecule has 0 aliphatic carbocycles. The van der Waals surface area contributed by atoms with Crippen molar-refractivity contribution < 1.29 is 28.5 Å². The fourth-order valence-electron chi connectivity index (χ4n) is 2.18. The monoisotopic (exact) mass is 292 g/mol. The molecule has 6 heteroatoms. The molecule has 21 heavy (non-hydrogen) atoms. The number of carbonyl (C=O) groups is 2. The van der Waals surface area contributed by atoms with Crippen molar-refractivity contribution in [2.24, 2.45) is 0 Å². The van der Waals surface area contributed by atoms with Gasteiger partial charge in [-0.15, -0.1) is 0 Å². The second kappa shape index (κ2) is 5.67. The Morgan fingerprint density at radius 1 is 1.10 bits per heavy atom. The Morgan fingerprint density at radius 2 is 1.67 bits per heavy atom. The summed E-state index contributed by atoms with van der Waals surface area (Å²) in [7, 11) is 3.84. The second-order valence-corrected chi connectivity index (χ2v) is 4.46. The summed E-state index contributed by atoms with van der Waals surface area (Å²) in [4.78, 5) is 23.9. The number of aryl methyl sites for hydroxylation is 1. The predicted octanol–water partition coefficient (Wildman–Crippen LogP) is 1.43. The molecule has 1 aliphatic heterocycles. The number of hydrogen-bond donors (Lipinski definition) is 0. The van der Waals surface area contributed by atoms with Crippen LogP contribution in [0.15, 0.2) is 29.8 Å². The summed E-state index contributed by atoms with van der Waals surface area (Å²) in [5.41, 5.74) is 1.58. The van der Waals surface area contributed by atoms with Crippen LogP contribution in [0.3, 0.4) is 0 Å². The number of ether oxygens (including phenoxy) is 4. The molecule has 1 aliphatic rings. The highest BCUT2D eigenvalue weighted by molar-refractivity contribution is 6.23. The van der Waals surface area contributed by atoms with Gasteiger partial charge in [-0.25, -0.2) is 9.59 Å². The Bertz CT molecular complexity index is 595. The quantitative estimate of drug-likeness (QED) is 0.475. The van der Waals surface area contributed by atoms with Crippen LogP contribution in [-0.4, -0.2) is 39.2 Å². The van der Waals surface area contributed by atoms with Gasteiger partial charge in [-0.05, 0) is 12.5 Å². The molecule has 1 heterocycles. The molecule has 0 fully saturated rings. The van der Waals surface area contributed by atoms with Crippen LogP contribution in [0.25, 0.3) is 5.57 Å². The zero-order valence-electron chi connectivity index (χ0n) is 12.3. The average Bonchev–Trinajstić information content (AvgIpc) is 2.80. The van der Waals surface area contributed by atoms with Gasteiger partial charge in [0.15, 0.2) is 5.57 Å². The molecule has 0 amide bonds. The van der Waals surface area contributed by atoms with Crippen LogP contribution in [0.4, 0.5) is 0 Å². The third-order valence-electron chi connectivity index (χ3n) is 3.25. The summed E-state index contributed by atoms with van der Waals surface area (Å²) in [5.74, 6) is -3.40. The lowest BCUT2D eigenvalue weighted by molar-refractivity contribution is -0.297. The molecule has 0 atom stereocenters. The van der Waals surface area contributed by atoms with Gasteiger partial charge < -0.3 is 18.9 Å². The van der Waals surface area contributed by atoms with Gasteiger partial charge in [-0.1, -0.05) is 29.8 Å². The van der Waals surface area contributed by atoms with E-state index in [1.54, 1.807) is 12.1 Å². The molecule has 1 aromatic rings. The molecule has 0 spiro atoms. The van der Waals surface area contributed by atoms with Crippen molar-refractivity contribution in [2.75, 3.05) is 21.3 Å². The molecule has 0 unspecified atom stereocenters. The first-order valence-corrected chi connectivity index (χ1v) is 6.22. The Balaban J connectivity index is 2.70. The normalized spacial score (nSPS) is 16.9. The molecule has 0 N–H and O–H groups in total. The molecule has 2 rings (SSSR count). The van der Waals surface area contributed by atoms with Crippen LogP contribution in [-0.2, 0) is 28.5 Å². The van der Waals surface area contributed by atoms with E-state index < -0.39 is 17.9 Å². The summed E-state index contributed by atoms with van der Waals surface area (Å²) in [6.45, 7) is 1.93. The van der Waals surface area contributed by atoms with Gasteiger partial charge >= 0.3 is 17.9 Å². The summed E-state index contributed by atoms with van der Waals surface area (Å²) < 4.78 is 20.2. The Morgan fingerprint density at radius 3 is 2.14 bits per heavy atom. The SMILES string of the molecule is COC(=O)C1=C(c2ccc(C)cc2)C(OC)(OC)OC1=O. The van der Waals surface area contributed by atoms with Crippen LogP contribution >= 0.6 is 0 Å². The zero-order chi connectivity index (χ0) is 15.6. The summed E-state index contributed by atoms with van der Waals surface area (Å²) >= 11 is 0. The molecular formula is C15H16O6. The van der Waals surface area contributed by atoms with Crippen LogP contribution in [0.1, 0.15) is 11.1 Å². The number of benzene rings is 1. The van der Waals surface area contributed by atoms with Crippen molar-refractivity contribution in [3.05, 3.63) is 41.0 Å². The van der Waals surface area contributed by atoms with Crippen LogP contribution in [0.5, 0.6) is 0 Å². The van der Waals surface area contributed by atoms with Crippen molar-refractivity contribution in [1.29, 1.82) is 0 Å². The fraction of sp³-hybridized carbons (Fsp3) is 0.333. The number of methoxy groups -OCH3 is 3. The summed E-state index contributed by atoms with van der Waals surface area (Å²) in [5, 5.41) is 0. The predicted molar refractivity (Wildman–Crippen MR) is 73.0 cm³/mol. The third-order valence-corrected chi connectivity index (χ3v) is 3.25. The van der Waals surface area contributed by atoms with Gasteiger partial charge in [-0.2, -0.15) is 0 Å². The summed E-state index contributed by atoms with van der Waals surface area (Å²) in [6, 6.07) is 7.19. The highest BCUT2D eigenvalue weighted by Crippen LogP contribution is 2.41. The number of esters is 2. The standard InChI is InChI=1S/C15H16O6/c1-9-5-7-10(8-6-9)12-11(13(16)18-2)14(17)21-15(12,19-3)20-4/h5-8H,1-4H3. The highest BCUT2D eigenvalue weighted by Gasteiger charge is 2.52. The van der Waals surface area contributed by atoms with Gasteiger partial charge in [0.1, 0.15) is 0 Å². The maximum atomic E-state index is 12.0. The van der Waals surface area contributed by atoms with Gasteiger partial charge in [0, 0.05) is 14.2 Å². The topological polar surface area (TPSA) is 71.1 Å². The first-order valence-electron chi connectivity index (χ1n) is 6.22. The summed E-state index contributed by atoms with van der Waals surface area (Å²) in [6.07, 6.45) is 0. The van der Waals surface area contributed by atoms with E-state index >= 15 is 0 Å². The van der Waals surface area contributed by atoms with Crippen LogP contribution in [0.2, 0.25) is 0 Å². The molecule has 0 radical (unpaired) electrons. The maximum Gasteiger partial charge on any atom is 0.359 e. The van der Waals surface area contributed by atoms with E-state index in [1.807, 2.05) is 19.1 Å². The van der Waals surface area contributed by atoms with Crippen LogP contribution in [0, 0.1) is 6.92 Å². The smallest absolute Gasteiger partial charge is 0.359 e. The highest BCUT2D eigenvalue weighted by atomic mass is 16.9. The molecule has 1 aromatic carbocycles. The number of hydrogen-bond acceptors (Lipinski definition) is 6. The minimum Gasteiger partial charge on any atom is -0.465 e. The minimum atomic E-state index is -1.75. The molecule has 6 nitrogen and oxygen atoms in total. The van der Waals surface area contributed by atoms with Gasteiger partial charge in [-0.3, -0.25) is 0 Å². The van der Waals surface area contributed by atoms with E-state index in [0.717, 1.165) is 5.56 Å². The van der Waals surface area contributed by atoms with Crippen molar-refractivity contribution >= 4 is 17.5 Å². The number of rotatable bonds is 4. The largest absolute Gasteiger partial charge is 0.465 e. The van der Waals surface area contributed by atoms with Gasteiger partial charge in [0.05, 0.1) is 12.7 Å². The molecular weight excluding hydrogens is 276 g/mol. The zero-order valence-corrected chi connectivity index (χ0v) is 12.3. The fourth-order valence-corrected chi connectivity index (χ4v) is 2.18. The third kappa shape index (κ3) is 2.43. The van der Waals surface area contributed by atoms with Crippen molar-refractivity contribution in [2.45, 2.75) is 12.9 Å². The van der Waals surface area contributed by atoms with Gasteiger partial charge in [0.25, 0.3) is 0 Å². The van der Waals surface area contributed by atoms with E-state index in [9.17, 15) is 9.59 Å². The lowest BCUT2D eigenvalue weighted by Crippen LogP contribution is -2.35. The first-order chi connectivity index (χ1) is 9.99. The van der Waals surface area contributed by atoms with E-state index in [-0.39, 0.29) is 11.1 Å². The van der Waals surface area contributed by atoms with Crippen molar-refractivity contribution in [3.8, 4) is 0 Å². The lowest BCUT2D eigenvalue weighted by Gasteiger charge is -2.26. The Kier molecular flexibility index (Phi) is 4.11. The van der Waals surface area contributed by atoms with E-state index in [1.165, 1.54) is 21.3 Å². The van der Waals surface area contributed by atoms with Crippen LogP contribution < -0.4 is 0 Å². The molecule has 0 bridgehead atoms. The number of cyclic esters (lactones) is 1. The van der Waals surface area contributed by atoms with E-state index in [0.29, 0.717) is 5.56 Å². The Labute approximate surface area is 122 Å².